The summed E-state index contributed by atoms with van der Waals surface area (Å²) in [4.78, 5) is 47.8. The van der Waals surface area contributed by atoms with E-state index in [2.05, 4.69) is 26.2 Å². The lowest BCUT2D eigenvalue weighted by molar-refractivity contribution is -0.133. The van der Waals surface area contributed by atoms with Crippen LogP contribution in [0, 0.1) is 17.1 Å². The average molecular weight is 661 g/mol. The van der Waals surface area contributed by atoms with Gasteiger partial charge in [0.05, 0.1) is 11.6 Å². The van der Waals surface area contributed by atoms with E-state index < -0.39 is 60.4 Å². The van der Waals surface area contributed by atoms with Crippen LogP contribution in [0.1, 0.15) is 42.9 Å². The summed E-state index contributed by atoms with van der Waals surface area (Å²) >= 11 is 9.73. The molecule has 42 heavy (non-hydrogen) atoms. The molecule has 5 rings (SSSR count). The van der Waals surface area contributed by atoms with Crippen LogP contribution in [0.2, 0.25) is 5.02 Å². The van der Waals surface area contributed by atoms with E-state index in [0.29, 0.717) is 0 Å². The molecule has 1 N–H and O–H groups in total. The number of anilines is 2. The number of nitriles is 1. The minimum Gasteiger partial charge on any atom is -0.351 e. The molecule has 2 aromatic carbocycles. The highest BCUT2D eigenvalue weighted by atomic mass is 79.9. The quantitative estimate of drug-likeness (QED) is 0.351. The third kappa shape index (κ3) is 5.98. The first-order valence-corrected chi connectivity index (χ1v) is 14.0. The molecule has 2 atom stereocenters. The van der Waals surface area contributed by atoms with Crippen molar-refractivity contribution in [2.75, 3.05) is 9.80 Å². The Morgan fingerprint density at radius 3 is 2.60 bits per heavy atom. The predicted octanol–water partition coefficient (Wildman–Crippen LogP) is 5.69. The Balaban J connectivity index is 1.63. The van der Waals surface area contributed by atoms with Crippen molar-refractivity contribution in [3.8, 4) is 6.07 Å². The van der Waals surface area contributed by atoms with E-state index in [1.54, 1.807) is 12.1 Å². The van der Waals surface area contributed by atoms with Gasteiger partial charge >= 0.3 is 0 Å². The van der Waals surface area contributed by atoms with Crippen LogP contribution in [-0.2, 0) is 14.4 Å². The maximum Gasteiger partial charge on any atom is 0.252 e. The molecule has 2 aliphatic rings. The lowest BCUT2D eigenvalue weighted by Crippen LogP contribution is -2.56. The number of halogens is 5. The topological polar surface area (TPSA) is 106 Å². The number of alkyl halides is 2. The largest absolute Gasteiger partial charge is 0.351 e. The third-order valence-electron chi connectivity index (χ3n) is 7.12. The zero-order valence-corrected chi connectivity index (χ0v) is 24.1. The fraction of sp³-hybridized carbons (Fsp3) is 0.276. The maximum absolute atomic E-state index is 14.7. The molecule has 1 aliphatic carbocycles. The Hall–Kier alpha value is -3.95. The number of rotatable bonds is 7. The van der Waals surface area contributed by atoms with E-state index in [1.807, 2.05) is 6.07 Å². The van der Waals surface area contributed by atoms with E-state index in [-0.39, 0.29) is 45.0 Å². The molecule has 2 fully saturated rings. The number of nitrogens with zero attached hydrogens (tertiary/aromatic N) is 4. The number of amides is 3. The molecule has 216 valence electrons. The Labute approximate surface area is 252 Å². The molecular weight excluding hydrogens is 639 g/mol. The second-order valence-electron chi connectivity index (χ2n) is 10.1. The molecule has 1 aromatic heterocycles. The van der Waals surface area contributed by atoms with Crippen LogP contribution in [0.3, 0.4) is 0 Å². The van der Waals surface area contributed by atoms with Gasteiger partial charge in [-0.1, -0.05) is 45.7 Å². The number of nitrogens with one attached hydrogen (secondary N) is 1. The van der Waals surface area contributed by atoms with Gasteiger partial charge in [0.25, 0.3) is 11.8 Å². The second kappa shape index (κ2) is 11.7. The summed E-state index contributed by atoms with van der Waals surface area (Å²) in [7, 11) is 0. The van der Waals surface area contributed by atoms with Crippen molar-refractivity contribution in [2.24, 2.45) is 0 Å². The van der Waals surface area contributed by atoms with E-state index >= 15 is 0 Å². The van der Waals surface area contributed by atoms with Crippen molar-refractivity contribution in [1.82, 2.24) is 10.3 Å². The van der Waals surface area contributed by atoms with Crippen molar-refractivity contribution in [1.29, 1.82) is 5.26 Å². The van der Waals surface area contributed by atoms with Gasteiger partial charge in [0.2, 0.25) is 11.8 Å². The molecule has 1 saturated carbocycles. The minimum atomic E-state index is -2.92. The molecule has 1 unspecified atom stereocenters. The predicted molar refractivity (Wildman–Crippen MR) is 151 cm³/mol. The molecule has 8 nitrogen and oxygen atoms in total. The van der Waals surface area contributed by atoms with Gasteiger partial charge in [0, 0.05) is 52.2 Å². The summed E-state index contributed by atoms with van der Waals surface area (Å²) in [5.41, 5.74) is 0.336. The molecule has 1 saturated heterocycles. The van der Waals surface area contributed by atoms with Gasteiger partial charge < -0.3 is 5.32 Å². The monoisotopic (exact) mass is 659 g/mol. The van der Waals surface area contributed by atoms with Crippen LogP contribution in [0.4, 0.5) is 24.7 Å². The van der Waals surface area contributed by atoms with Crippen molar-refractivity contribution in [2.45, 2.75) is 49.7 Å². The summed E-state index contributed by atoms with van der Waals surface area (Å²) in [6, 6.07) is 11.1. The Kier molecular flexibility index (Phi) is 8.25. The van der Waals surface area contributed by atoms with Gasteiger partial charge in [0.15, 0.2) is 0 Å². The van der Waals surface area contributed by atoms with Crippen LogP contribution < -0.4 is 15.1 Å². The second-order valence-corrected chi connectivity index (χ2v) is 11.4. The molecule has 0 bridgehead atoms. The zero-order chi connectivity index (χ0) is 30.2. The Bertz CT molecular complexity index is 1590. The summed E-state index contributed by atoms with van der Waals surface area (Å²) in [5.74, 6) is -5.59. The lowest BCUT2D eigenvalue weighted by Gasteiger charge is -2.39. The Morgan fingerprint density at radius 1 is 1.19 bits per heavy atom. The number of benzene rings is 2. The van der Waals surface area contributed by atoms with Crippen molar-refractivity contribution >= 4 is 56.8 Å². The SMILES string of the molecule is N#Cc1ccnc(N2C(=O)CC[C@H]2C(=O)N(c2cc(F)cc(Br)c2)C(C(=O)NC2CC(F)(F)C2)c2ccccc2Cl)c1. The summed E-state index contributed by atoms with van der Waals surface area (Å²) in [6.07, 6.45) is 0.194. The standard InChI is InChI=1S/C29H22BrClF3N5O3/c30-17-10-18(32)12-20(11-17)38(28(42)23-5-6-25(40)39(23)24-9-16(15-35)7-8-36-24)26(21-3-1-2-4-22(21)31)27(41)37-19-13-29(33,34)14-19/h1-4,7-12,19,23,26H,5-6,13-14H2,(H,37,41)/t23-,26?/m0/s1. The van der Waals surface area contributed by atoms with Crippen LogP contribution in [0.5, 0.6) is 0 Å². The summed E-state index contributed by atoms with van der Waals surface area (Å²) in [6.45, 7) is 0. The van der Waals surface area contributed by atoms with Gasteiger partial charge in [-0.15, -0.1) is 0 Å². The fourth-order valence-corrected chi connectivity index (χ4v) is 5.90. The lowest BCUT2D eigenvalue weighted by atomic mass is 9.87. The number of pyridine rings is 1. The molecule has 3 amide bonds. The normalized spacial score (nSPS) is 18.6. The molecule has 0 spiro atoms. The first-order valence-electron chi connectivity index (χ1n) is 12.9. The van der Waals surface area contributed by atoms with Gasteiger partial charge in [-0.05, 0) is 42.8 Å². The average Bonchev–Trinajstić information content (AvgIpc) is 3.31. The highest BCUT2D eigenvalue weighted by molar-refractivity contribution is 9.10. The molecule has 13 heteroatoms. The molecular formula is C29H22BrClF3N5O3. The third-order valence-corrected chi connectivity index (χ3v) is 7.93. The Morgan fingerprint density at radius 2 is 1.93 bits per heavy atom. The van der Waals surface area contributed by atoms with Gasteiger partial charge in [-0.3, -0.25) is 24.2 Å². The number of carbonyl (C=O) groups excluding carboxylic acids is 3. The van der Waals surface area contributed by atoms with Gasteiger partial charge in [0.1, 0.15) is 23.7 Å². The number of hydrogen-bond donors (Lipinski definition) is 1. The summed E-state index contributed by atoms with van der Waals surface area (Å²) in [5, 5.41) is 12.0. The zero-order valence-electron chi connectivity index (χ0n) is 21.7. The van der Waals surface area contributed by atoms with Gasteiger partial charge in [-0.2, -0.15) is 5.26 Å². The smallest absolute Gasteiger partial charge is 0.252 e. The molecule has 3 aromatic rings. The summed E-state index contributed by atoms with van der Waals surface area (Å²) < 4.78 is 42.2. The fourth-order valence-electron chi connectivity index (χ4n) is 5.20. The van der Waals surface area contributed by atoms with Crippen LogP contribution in [0.15, 0.2) is 65.3 Å². The molecule has 1 aliphatic heterocycles. The van der Waals surface area contributed by atoms with Crippen LogP contribution in [-0.4, -0.2) is 40.7 Å². The number of aromatic nitrogens is 1. The minimum absolute atomic E-state index is 0.0321. The van der Waals surface area contributed by atoms with E-state index in [9.17, 15) is 32.8 Å². The van der Waals surface area contributed by atoms with Crippen LogP contribution in [0.25, 0.3) is 0 Å². The number of hydrogen-bond acceptors (Lipinski definition) is 5. The highest BCUT2D eigenvalue weighted by Crippen LogP contribution is 2.40. The van der Waals surface area contributed by atoms with Gasteiger partial charge in [-0.25, -0.2) is 18.2 Å². The molecule has 2 heterocycles. The highest BCUT2D eigenvalue weighted by Gasteiger charge is 2.48. The van der Waals surface area contributed by atoms with E-state index in [1.165, 1.54) is 36.5 Å². The maximum atomic E-state index is 14.7. The number of carbonyl (C=O) groups is 3. The first-order chi connectivity index (χ1) is 20.0. The van der Waals surface area contributed by atoms with E-state index in [0.717, 1.165) is 21.9 Å². The van der Waals surface area contributed by atoms with Crippen LogP contribution >= 0.6 is 27.5 Å². The molecule has 0 radical (unpaired) electrons. The first kappa shape index (κ1) is 29.5. The van der Waals surface area contributed by atoms with Crippen molar-refractivity contribution < 1.29 is 27.6 Å². The van der Waals surface area contributed by atoms with Crippen molar-refractivity contribution in [3.05, 3.63) is 87.2 Å². The van der Waals surface area contributed by atoms with E-state index in [4.69, 9.17) is 11.6 Å². The van der Waals surface area contributed by atoms with Crippen molar-refractivity contribution in [3.63, 3.8) is 0 Å².